The van der Waals surface area contributed by atoms with Gasteiger partial charge in [0.1, 0.15) is 6.10 Å². The molecule has 1 aliphatic heterocycles. The van der Waals surface area contributed by atoms with E-state index in [4.69, 9.17) is 9.47 Å². The molecule has 1 fully saturated rings. The number of hydrogen-bond donors (Lipinski definition) is 1. The van der Waals surface area contributed by atoms with E-state index in [-0.39, 0.29) is 17.9 Å². The van der Waals surface area contributed by atoms with E-state index < -0.39 is 0 Å². The summed E-state index contributed by atoms with van der Waals surface area (Å²) >= 11 is 1.67. The van der Waals surface area contributed by atoms with Crippen LogP contribution in [0, 0.1) is 0 Å². The summed E-state index contributed by atoms with van der Waals surface area (Å²) < 4.78 is 10.4. The van der Waals surface area contributed by atoms with Crippen LogP contribution in [0.5, 0.6) is 0 Å². The fraction of sp³-hybridized carbons (Fsp3) is 0.895. The van der Waals surface area contributed by atoms with E-state index in [2.05, 4.69) is 5.32 Å². The Balaban J connectivity index is 1.78. The first kappa shape index (κ1) is 22.5. The van der Waals surface area contributed by atoms with Crippen LogP contribution < -0.4 is 5.32 Å². The smallest absolute Gasteiger partial charge is 0.315 e. The van der Waals surface area contributed by atoms with E-state index in [9.17, 15) is 9.59 Å². The zero-order valence-electron chi connectivity index (χ0n) is 15.7. The number of unbranched alkanes of at least 4 members (excludes halogenated alkanes) is 7. The molecule has 1 rings (SSSR count). The highest BCUT2D eigenvalue weighted by atomic mass is 32.2. The Labute approximate surface area is 157 Å². The molecule has 1 unspecified atom stereocenters. The minimum absolute atomic E-state index is 0.0997. The second-order valence-corrected chi connectivity index (χ2v) is 7.57. The van der Waals surface area contributed by atoms with Crippen LogP contribution in [-0.4, -0.2) is 55.7 Å². The van der Waals surface area contributed by atoms with Crippen LogP contribution in [0.15, 0.2) is 0 Å². The molecule has 1 N–H and O–H groups in total. The summed E-state index contributed by atoms with van der Waals surface area (Å²) in [6.07, 6.45) is 9.99. The first-order valence-electron chi connectivity index (χ1n) is 9.82. The van der Waals surface area contributed by atoms with Gasteiger partial charge in [0.25, 0.3) is 0 Å². The molecule has 0 bridgehead atoms. The topological polar surface area (TPSA) is 64.6 Å². The average Bonchev–Trinajstić information content (AvgIpc) is 2.63. The SMILES string of the molecule is CCOC(=O)CSCCCCCCCCCCC(=O)C1CNCCO1. The van der Waals surface area contributed by atoms with Gasteiger partial charge in [0, 0.05) is 19.5 Å². The second kappa shape index (κ2) is 15.6. The van der Waals surface area contributed by atoms with Crippen LogP contribution in [0.1, 0.15) is 64.7 Å². The molecule has 146 valence electrons. The molecule has 5 nitrogen and oxygen atoms in total. The number of Topliss-reactive ketones (excluding diaryl/α,β-unsaturated/α-hetero) is 1. The molecule has 25 heavy (non-hydrogen) atoms. The van der Waals surface area contributed by atoms with Crippen molar-refractivity contribution >= 4 is 23.5 Å². The van der Waals surface area contributed by atoms with Gasteiger partial charge in [-0.05, 0) is 25.5 Å². The van der Waals surface area contributed by atoms with E-state index in [1.807, 2.05) is 6.92 Å². The van der Waals surface area contributed by atoms with Crippen molar-refractivity contribution in [2.24, 2.45) is 0 Å². The quantitative estimate of drug-likeness (QED) is 0.351. The summed E-state index contributed by atoms with van der Waals surface area (Å²) in [5, 5.41) is 3.20. The standard InChI is InChI=1S/C19H35NO4S/c1-2-23-19(22)16-25-14-10-8-6-4-3-5-7-9-11-17(21)18-15-20-12-13-24-18/h18,20H,2-16H2,1H3. The summed E-state index contributed by atoms with van der Waals surface area (Å²) in [7, 11) is 0. The van der Waals surface area contributed by atoms with Crippen molar-refractivity contribution in [1.29, 1.82) is 0 Å². The highest BCUT2D eigenvalue weighted by Crippen LogP contribution is 2.13. The third kappa shape index (κ3) is 12.4. The summed E-state index contributed by atoms with van der Waals surface area (Å²) in [4.78, 5) is 23.1. The lowest BCUT2D eigenvalue weighted by atomic mass is 10.0. The van der Waals surface area contributed by atoms with Gasteiger partial charge in [0.15, 0.2) is 5.78 Å². The molecule has 6 heteroatoms. The number of nitrogens with one attached hydrogen (secondary N) is 1. The van der Waals surface area contributed by atoms with E-state index in [0.29, 0.717) is 31.9 Å². The van der Waals surface area contributed by atoms with Gasteiger partial charge >= 0.3 is 5.97 Å². The number of rotatable bonds is 15. The molecular weight excluding hydrogens is 338 g/mol. The first-order valence-corrected chi connectivity index (χ1v) is 11.0. The molecule has 0 radical (unpaired) electrons. The number of hydrogen-bond acceptors (Lipinski definition) is 6. The Morgan fingerprint density at radius 3 is 2.40 bits per heavy atom. The summed E-state index contributed by atoms with van der Waals surface area (Å²) in [5.74, 6) is 1.68. The Hall–Kier alpha value is -0.590. The molecule has 0 saturated carbocycles. The molecule has 1 aliphatic rings. The van der Waals surface area contributed by atoms with E-state index in [0.717, 1.165) is 25.1 Å². The summed E-state index contributed by atoms with van der Waals surface area (Å²) in [5.41, 5.74) is 0. The van der Waals surface area contributed by atoms with Crippen LogP contribution in [0.2, 0.25) is 0 Å². The zero-order valence-corrected chi connectivity index (χ0v) is 16.5. The highest BCUT2D eigenvalue weighted by Gasteiger charge is 2.20. The molecule has 0 amide bonds. The number of carbonyl (C=O) groups excluding carboxylic acids is 2. The minimum atomic E-state index is -0.213. The summed E-state index contributed by atoms with van der Waals surface area (Å²) in [6.45, 7) is 4.49. The Morgan fingerprint density at radius 1 is 1.08 bits per heavy atom. The van der Waals surface area contributed by atoms with Crippen LogP contribution in [0.25, 0.3) is 0 Å². The van der Waals surface area contributed by atoms with Crippen molar-refractivity contribution in [3.63, 3.8) is 0 Å². The summed E-state index contributed by atoms with van der Waals surface area (Å²) in [6, 6.07) is 0. The lowest BCUT2D eigenvalue weighted by molar-refractivity contribution is -0.139. The Bertz CT molecular complexity index is 359. The highest BCUT2D eigenvalue weighted by molar-refractivity contribution is 7.99. The molecule has 1 saturated heterocycles. The van der Waals surface area contributed by atoms with Crippen molar-refractivity contribution in [2.45, 2.75) is 70.8 Å². The van der Waals surface area contributed by atoms with Crippen molar-refractivity contribution in [3.8, 4) is 0 Å². The van der Waals surface area contributed by atoms with Crippen LogP contribution in [0.3, 0.4) is 0 Å². The lowest BCUT2D eigenvalue weighted by Gasteiger charge is -2.22. The minimum Gasteiger partial charge on any atom is -0.465 e. The normalized spacial score (nSPS) is 17.4. The lowest BCUT2D eigenvalue weighted by Crippen LogP contribution is -2.43. The molecule has 0 aromatic rings. The maximum Gasteiger partial charge on any atom is 0.315 e. The monoisotopic (exact) mass is 373 g/mol. The molecule has 0 aliphatic carbocycles. The van der Waals surface area contributed by atoms with E-state index in [1.54, 1.807) is 11.8 Å². The van der Waals surface area contributed by atoms with Gasteiger partial charge in [-0.1, -0.05) is 38.5 Å². The van der Waals surface area contributed by atoms with Crippen molar-refractivity contribution < 1.29 is 19.1 Å². The van der Waals surface area contributed by atoms with Crippen molar-refractivity contribution in [2.75, 3.05) is 37.8 Å². The van der Waals surface area contributed by atoms with Gasteiger partial charge in [-0.3, -0.25) is 9.59 Å². The fourth-order valence-electron chi connectivity index (χ4n) is 2.86. The van der Waals surface area contributed by atoms with Gasteiger partial charge in [-0.2, -0.15) is 11.8 Å². The zero-order chi connectivity index (χ0) is 18.2. The predicted octanol–water partition coefficient (Wildman–Crippen LogP) is 3.35. The van der Waals surface area contributed by atoms with Gasteiger partial charge in [-0.25, -0.2) is 0 Å². The molecule has 0 spiro atoms. The van der Waals surface area contributed by atoms with Gasteiger partial charge in [-0.15, -0.1) is 0 Å². The van der Waals surface area contributed by atoms with Crippen molar-refractivity contribution in [3.05, 3.63) is 0 Å². The number of ketones is 1. The third-order valence-electron chi connectivity index (χ3n) is 4.27. The van der Waals surface area contributed by atoms with Crippen LogP contribution in [-0.2, 0) is 19.1 Å². The van der Waals surface area contributed by atoms with Crippen molar-refractivity contribution in [1.82, 2.24) is 5.32 Å². The number of morpholine rings is 1. The first-order chi connectivity index (χ1) is 12.2. The second-order valence-electron chi connectivity index (χ2n) is 6.47. The number of carbonyl (C=O) groups is 2. The number of esters is 1. The molecule has 1 heterocycles. The molecule has 1 atom stereocenters. The van der Waals surface area contributed by atoms with Gasteiger partial charge in [0.2, 0.25) is 0 Å². The fourth-order valence-corrected chi connectivity index (χ4v) is 3.66. The number of thioether (sulfide) groups is 1. The van der Waals surface area contributed by atoms with E-state index >= 15 is 0 Å². The Kier molecular flexibility index (Phi) is 14.1. The largest absolute Gasteiger partial charge is 0.465 e. The maximum atomic E-state index is 11.9. The van der Waals surface area contributed by atoms with Gasteiger partial charge < -0.3 is 14.8 Å². The number of ether oxygens (including phenoxy) is 2. The van der Waals surface area contributed by atoms with Crippen LogP contribution in [0.4, 0.5) is 0 Å². The maximum absolute atomic E-state index is 11.9. The molecular formula is C19H35NO4S. The van der Waals surface area contributed by atoms with Gasteiger partial charge in [0.05, 0.1) is 19.0 Å². The Morgan fingerprint density at radius 2 is 1.76 bits per heavy atom. The molecule has 0 aromatic heterocycles. The van der Waals surface area contributed by atoms with Crippen LogP contribution >= 0.6 is 11.8 Å². The third-order valence-corrected chi connectivity index (χ3v) is 5.29. The molecule has 0 aromatic carbocycles. The average molecular weight is 374 g/mol. The predicted molar refractivity (Wildman–Crippen MR) is 103 cm³/mol. The van der Waals surface area contributed by atoms with E-state index in [1.165, 1.54) is 38.5 Å².